The lowest BCUT2D eigenvalue weighted by atomic mass is 10.0. The van der Waals surface area contributed by atoms with Crippen molar-refractivity contribution in [1.29, 1.82) is 0 Å². The van der Waals surface area contributed by atoms with E-state index >= 15 is 0 Å². The van der Waals surface area contributed by atoms with Gasteiger partial charge < -0.3 is 27.9 Å². The molecule has 0 aliphatic rings. The number of phosphoric acid groups is 1. The second-order valence-electron chi connectivity index (χ2n) is 22.8. The molecular weight excluding hydrogens is 1050 g/mol. The SMILES string of the molecule is CC/C=C\C/C=C\C/C=C\C/C=C\C/C=C\C/C=C\C/C=C\C/C=C\C/C=C\C/C=C\C/C=C\C/C=C\CCCCC(=O)OC(COC(=O)CCCCCCCCCCCCCCCCCCCCCC)COP(=O)([O-])OCC[N+](C)(C)C. The molecule has 0 rings (SSSR count). The van der Waals surface area contributed by atoms with Crippen LogP contribution in [0.25, 0.3) is 0 Å². The van der Waals surface area contributed by atoms with Crippen molar-refractivity contribution in [3.8, 4) is 0 Å². The molecule has 0 spiro atoms. The Morgan fingerprint density at radius 2 is 0.687 bits per heavy atom. The van der Waals surface area contributed by atoms with Gasteiger partial charge in [-0.1, -0.05) is 282 Å². The normalized spacial score (nSPS) is 14.1. The fraction of sp³-hybridized carbons (Fsp3) is 0.644. The van der Waals surface area contributed by atoms with Crippen LogP contribution in [-0.4, -0.2) is 70.0 Å². The minimum Gasteiger partial charge on any atom is -0.756 e. The molecule has 83 heavy (non-hydrogen) atoms. The van der Waals surface area contributed by atoms with E-state index in [1.54, 1.807) is 0 Å². The average molecular weight is 1170 g/mol. The predicted molar refractivity (Wildman–Crippen MR) is 355 cm³/mol. The minimum absolute atomic E-state index is 0.0456. The summed E-state index contributed by atoms with van der Waals surface area (Å²) in [7, 11) is 1.12. The molecule has 2 unspecified atom stereocenters. The van der Waals surface area contributed by atoms with Gasteiger partial charge in [0.2, 0.25) is 0 Å². The van der Waals surface area contributed by atoms with Gasteiger partial charge in [-0.25, -0.2) is 0 Å². The number of ether oxygens (including phenoxy) is 2. The van der Waals surface area contributed by atoms with Crippen LogP contribution in [-0.2, 0) is 32.7 Å². The Bertz CT molecular complexity index is 1910. The first kappa shape index (κ1) is 78.9. The molecule has 0 bridgehead atoms. The molecule has 472 valence electrons. The third kappa shape index (κ3) is 66.9. The van der Waals surface area contributed by atoms with Gasteiger partial charge in [0, 0.05) is 12.8 Å². The minimum atomic E-state index is -4.66. The van der Waals surface area contributed by atoms with Gasteiger partial charge in [0.25, 0.3) is 7.82 Å². The molecule has 0 N–H and O–H groups in total. The third-order valence-corrected chi connectivity index (χ3v) is 14.6. The number of phosphoric ester groups is 1. The van der Waals surface area contributed by atoms with E-state index in [9.17, 15) is 19.0 Å². The summed E-state index contributed by atoms with van der Waals surface area (Å²) in [6.07, 6.45) is 92.0. The van der Waals surface area contributed by atoms with Crippen LogP contribution in [0.3, 0.4) is 0 Å². The zero-order chi connectivity index (χ0) is 60.5. The number of quaternary nitrogens is 1. The molecule has 0 radical (unpaired) electrons. The van der Waals surface area contributed by atoms with Gasteiger partial charge in [0.05, 0.1) is 27.7 Å². The van der Waals surface area contributed by atoms with Gasteiger partial charge in [-0.3, -0.25) is 14.2 Å². The number of carbonyl (C=O) groups excluding carboxylic acids is 2. The molecule has 10 heteroatoms. The van der Waals surface area contributed by atoms with Crippen molar-refractivity contribution >= 4 is 19.8 Å². The molecule has 0 aliphatic carbocycles. The number of unbranched alkanes of at least 4 members (excludes halogenated alkanes) is 21. The first-order valence-corrected chi connectivity index (χ1v) is 34.5. The Kier molecular flexibility index (Phi) is 59.3. The number of allylic oxidation sites excluding steroid dienone is 24. The van der Waals surface area contributed by atoms with E-state index in [4.69, 9.17) is 18.5 Å². The van der Waals surface area contributed by atoms with Crippen LogP contribution in [0.15, 0.2) is 146 Å². The summed E-state index contributed by atoms with van der Waals surface area (Å²) in [6.45, 7) is 4.08. The third-order valence-electron chi connectivity index (χ3n) is 13.6. The maximum Gasteiger partial charge on any atom is 0.306 e. The van der Waals surface area contributed by atoms with Crippen molar-refractivity contribution in [3.63, 3.8) is 0 Å². The first-order valence-electron chi connectivity index (χ1n) is 33.0. The topological polar surface area (TPSA) is 111 Å². The van der Waals surface area contributed by atoms with Crippen LogP contribution < -0.4 is 4.89 Å². The van der Waals surface area contributed by atoms with Gasteiger partial charge >= 0.3 is 11.9 Å². The summed E-state index contributed by atoms with van der Waals surface area (Å²) in [6, 6.07) is 0. The summed E-state index contributed by atoms with van der Waals surface area (Å²) in [5, 5.41) is 0. The maximum atomic E-state index is 12.8. The summed E-state index contributed by atoms with van der Waals surface area (Å²) < 4.78 is 34.2. The molecule has 0 heterocycles. The average Bonchev–Trinajstić information content (AvgIpc) is 3.48. The van der Waals surface area contributed by atoms with Gasteiger partial charge in [0.15, 0.2) is 6.10 Å². The van der Waals surface area contributed by atoms with E-state index < -0.39 is 32.5 Å². The van der Waals surface area contributed by atoms with Crippen LogP contribution in [0.2, 0.25) is 0 Å². The van der Waals surface area contributed by atoms with Crippen LogP contribution >= 0.6 is 7.82 Å². The number of likely N-dealkylation sites (N-methyl/N-ethyl adjacent to an activating group) is 1. The highest BCUT2D eigenvalue weighted by molar-refractivity contribution is 7.45. The number of hydrogen-bond donors (Lipinski definition) is 0. The van der Waals surface area contributed by atoms with Crippen molar-refractivity contribution in [3.05, 3.63) is 146 Å². The van der Waals surface area contributed by atoms with Crippen LogP contribution in [0, 0.1) is 0 Å². The Morgan fingerprint density at radius 1 is 0.386 bits per heavy atom. The standard InChI is InChI=1S/C73H122NO8P/c1-6-8-10-12-14-16-18-20-22-24-26-28-29-30-31-32-33-34-35-36-37-38-39-40-41-42-43-44-45-46-48-50-52-54-56-58-60-62-64-66-73(76)82-71(70-81-83(77,78)80-68-67-74(3,4)5)69-79-72(75)65-63-61-59-57-55-53-51-49-47-27-25-23-21-19-17-15-13-11-9-7-2/h8,10,14,16,20,22,26,28,30-31,33-34,36-37,39-40,42-43,45-46,50,52,56,58,71H,6-7,9,11-13,15,17-19,21,23-25,27,29,32,35,38,41,44,47-49,51,53-55,57,59-70H2,1-5H3/b10-8-,16-14-,22-20-,28-26-,31-30-,34-33-,37-36-,40-39-,43-42-,46-45-,52-50-,58-56-. The molecule has 0 aromatic heterocycles. The molecular formula is C73H122NO8P. The Labute approximate surface area is 510 Å². The van der Waals surface area contributed by atoms with E-state index in [2.05, 4.69) is 160 Å². The van der Waals surface area contributed by atoms with Crippen LogP contribution in [0.5, 0.6) is 0 Å². The zero-order valence-electron chi connectivity index (χ0n) is 53.6. The lowest BCUT2D eigenvalue weighted by Crippen LogP contribution is -2.37. The lowest BCUT2D eigenvalue weighted by Gasteiger charge is -2.28. The quantitative estimate of drug-likeness (QED) is 0.0195. The number of carbonyl (C=O) groups is 2. The van der Waals surface area contributed by atoms with Crippen LogP contribution in [0.4, 0.5) is 0 Å². The van der Waals surface area contributed by atoms with E-state index in [1.807, 2.05) is 21.1 Å². The Morgan fingerprint density at radius 3 is 1.02 bits per heavy atom. The second kappa shape index (κ2) is 62.4. The summed E-state index contributed by atoms with van der Waals surface area (Å²) in [5.74, 6) is -0.887. The predicted octanol–water partition coefficient (Wildman–Crippen LogP) is 20.8. The maximum absolute atomic E-state index is 12.8. The molecule has 0 saturated heterocycles. The van der Waals surface area contributed by atoms with Crippen LogP contribution in [0.1, 0.15) is 251 Å². The van der Waals surface area contributed by atoms with Crippen molar-refractivity contribution in [1.82, 2.24) is 0 Å². The fourth-order valence-corrected chi connectivity index (χ4v) is 9.31. The number of nitrogens with zero attached hydrogens (tertiary/aromatic N) is 1. The Balaban J connectivity index is 4.22. The number of hydrogen-bond acceptors (Lipinski definition) is 8. The van der Waals surface area contributed by atoms with Crippen molar-refractivity contribution in [2.45, 2.75) is 258 Å². The highest BCUT2D eigenvalue weighted by Crippen LogP contribution is 2.38. The van der Waals surface area contributed by atoms with E-state index in [0.717, 1.165) is 109 Å². The first-order chi connectivity index (χ1) is 40.5. The van der Waals surface area contributed by atoms with Crippen molar-refractivity contribution in [2.24, 2.45) is 0 Å². The van der Waals surface area contributed by atoms with Gasteiger partial charge in [0.1, 0.15) is 19.8 Å². The van der Waals surface area contributed by atoms with E-state index in [-0.39, 0.29) is 26.1 Å². The molecule has 9 nitrogen and oxygen atoms in total. The van der Waals surface area contributed by atoms with E-state index in [1.165, 1.54) is 109 Å². The number of rotatable bonds is 59. The van der Waals surface area contributed by atoms with Gasteiger partial charge in [-0.2, -0.15) is 0 Å². The Hall–Kier alpha value is -4.11. The lowest BCUT2D eigenvalue weighted by molar-refractivity contribution is -0.870. The van der Waals surface area contributed by atoms with Gasteiger partial charge in [-0.05, 0) is 103 Å². The van der Waals surface area contributed by atoms with Gasteiger partial charge in [-0.15, -0.1) is 0 Å². The molecule has 0 aliphatic heterocycles. The zero-order valence-corrected chi connectivity index (χ0v) is 54.5. The number of esters is 2. The second-order valence-corrected chi connectivity index (χ2v) is 24.2. The summed E-state index contributed by atoms with van der Waals surface area (Å²) in [5.41, 5.74) is 0. The highest BCUT2D eigenvalue weighted by Gasteiger charge is 2.22. The molecule has 0 saturated carbocycles. The molecule has 0 fully saturated rings. The largest absolute Gasteiger partial charge is 0.756 e. The fourth-order valence-electron chi connectivity index (χ4n) is 8.58. The van der Waals surface area contributed by atoms with E-state index in [0.29, 0.717) is 17.4 Å². The van der Waals surface area contributed by atoms with Crippen molar-refractivity contribution < 1.29 is 42.1 Å². The summed E-state index contributed by atoms with van der Waals surface area (Å²) in [4.78, 5) is 37.9. The van der Waals surface area contributed by atoms with Crippen molar-refractivity contribution in [2.75, 3.05) is 47.5 Å². The smallest absolute Gasteiger partial charge is 0.306 e. The highest BCUT2D eigenvalue weighted by atomic mass is 31.2. The summed E-state index contributed by atoms with van der Waals surface area (Å²) >= 11 is 0. The molecule has 2 atom stereocenters. The molecule has 0 aromatic carbocycles. The molecule has 0 amide bonds. The molecule has 0 aromatic rings. The monoisotopic (exact) mass is 1170 g/mol.